The smallest absolute Gasteiger partial charge is 0.219 e. The van der Waals surface area contributed by atoms with Gasteiger partial charge in [0.05, 0.1) is 6.54 Å². The molecule has 0 N–H and O–H groups in total. The summed E-state index contributed by atoms with van der Waals surface area (Å²) in [6.45, 7) is 8.98. The normalized spacial score (nSPS) is 17.8. The van der Waals surface area contributed by atoms with Crippen LogP contribution in [0, 0.1) is 5.82 Å². The molecule has 1 fully saturated rings. The fourth-order valence-electron chi connectivity index (χ4n) is 5.45. The molecule has 0 spiro atoms. The van der Waals surface area contributed by atoms with Crippen LogP contribution in [0.25, 0.3) is 10.1 Å². The van der Waals surface area contributed by atoms with Crippen LogP contribution in [0.1, 0.15) is 59.1 Å². The summed E-state index contributed by atoms with van der Waals surface area (Å²) in [5.41, 5.74) is 4.53. The Hall–Kier alpha value is -1.76. The molecule has 2 aliphatic rings. The number of thiophene rings is 2. The SMILES string of the molecule is CCc1sc2c(c1CCN1CCC(c3csc4cc(F)ccc34)CC1)CCN(C(C)=O)C2. The summed E-state index contributed by atoms with van der Waals surface area (Å²) in [5.74, 6) is 0.634. The molecule has 32 heavy (non-hydrogen) atoms. The average Bonchev–Trinajstić information content (AvgIpc) is 3.38. The fourth-order valence-corrected chi connectivity index (χ4v) is 7.87. The van der Waals surface area contributed by atoms with Crippen LogP contribution in [0.3, 0.4) is 0 Å². The molecule has 0 bridgehead atoms. The highest BCUT2D eigenvalue weighted by molar-refractivity contribution is 7.17. The summed E-state index contributed by atoms with van der Waals surface area (Å²) >= 11 is 3.61. The Kier molecular flexibility index (Phi) is 6.37. The van der Waals surface area contributed by atoms with E-state index in [1.807, 2.05) is 22.3 Å². The van der Waals surface area contributed by atoms with Gasteiger partial charge in [0, 0.05) is 34.5 Å². The third-order valence-electron chi connectivity index (χ3n) is 7.29. The van der Waals surface area contributed by atoms with E-state index in [1.54, 1.807) is 36.0 Å². The van der Waals surface area contributed by atoms with Gasteiger partial charge in [-0.1, -0.05) is 13.0 Å². The number of aryl methyl sites for hydroxylation is 1. The lowest BCUT2D eigenvalue weighted by molar-refractivity contribution is -0.129. The van der Waals surface area contributed by atoms with Gasteiger partial charge in [-0.15, -0.1) is 22.7 Å². The van der Waals surface area contributed by atoms with Crippen molar-refractivity contribution in [2.45, 2.75) is 58.4 Å². The molecule has 0 radical (unpaired) electrons. The van der Waals surface area contributed by atoms with Gasteiger partial charge in [0.1, 0.15) is 5.82 Å². The van der Waals surface area contributed by atoms with Crippen molar-refractivity contribution in [1.29, 1.82) is 0 Å². The van der Waals surface area contributed by atoms with Gasteiger partial charge in [-0.05, 0) is 90.7 Å². The van der Waals surface area contributed by atoms with Crippen molar-refractivity contribution in [3.05, 3.63) is 55.8 Å². The Morgan fingerprint density at radius 3 is 2.78 bits per heavy atom. The lowest BCUT2D eigenvalue weighted by Gasteiger charge is -2.32. The van der Waals surface area contributed by atoms with Crippen molar-refractivity contribution in [2.75, 3.05) is 26.2 Å². The minimum Gasteiger partial charge on any atom is -0.337 e. The van der Waals surface area contributed by atoms with E-state index in [0.717, 1.165) is 56.7 Å². The van der Waals surface area contributed by atoms with E-state index in [1.165, 1.54) is 39.1 Å². The lowest BCUT2D eigenvalue weighted by atomic mass is 9.89. The Labute approximate surface area is 197 Å². The van der Waals surface area contributed by atoms with E-state index >= 15 is 0 Å². The predicted molar refractivity (Wildman–Crippen MR) is 132 cm³/mol. The molecule has 2 aliphatic heterocycles. The van der Waals surface area contributed by atoms with Gasteiger partial charge in [0.2, 0.25) is 5.91 Å². The van der Waals surface area contributed by atoms with Gasteiger partial charge < -0.3 is 9.80 Å². The highest BCUT2D eigenvalue weighted by atomic mass is 32.1. The maximum Gasteiger partial charge on any atom is 0.219 e. The average molecular weight is 471 g/mol. The van der Waals surface area contributed by atoms with Crippen LogP contribution in [0.15, 0.2) is 23.6 Å². The zero-order valence-electron chi connectivity index (χ0n) is 19.0. The minimum atomic E-state index is -0.142. The molecule has 2 aromatic heterocycles. The van der Waals surface area contributed by atoms with E-state index in [4.69, 9.17) is 0 Å². The summed E-state index contributed by atoms with van der Waals surface area (Å²) in [6, 6.07) is 5.22. The first-order chi connectivity index (χ1) is 15.5. The number of halogens is 1. The van der Waals surface area contributed by atoms with Crippen LogP contribution in [-0.4, -0.2) is 41.9 Å². The third kappa shape index (κ3) is 4.25. The number of hydrogen-bond acceptors (Lipinski definition) is 4. The zero-order valence-corrected chi connectivity index (χ0v) is 20.6. The van der Waals surface area contributed by atoms with Crippen LogP contribution in [0.4, 0.5) is 4.39 Å². The molecule has 6 heteroatoms. The largest absolute Gasteiger partial charge is 0.337 e. The molecule has 170 valence electrons. The molecule has 0 atom stereocenters. The van der Waals surface area contributed by atoms with E-state index in [-0.39, 0.29) is 11.7 Å². The standard InChI is InChI=1S/C26H31FN2OS2/c1-3-24-21(22-9-13-29(17(2)30)15-26(22)32-24)8-12-28-10-6-18(7-11-28)23-16-31-25-14-19(27)4-5-20(23)25/h4-5,14,16,18H,3,6-13,15H2,1-2H3. The van der Waals surface area contributed by atoms with Gasteiger partial charge in [-0.25, -0.2) is 4.39 Å². The highest BCUT2D eigenvalue weighted by Crippen LogP contribution is 2.38. The maximum absolute atomic E-state index is 13.5. The van der Waals surface area contributed by atoms with Gasteiger partial charge in [-0.3, -0.25) is 4.79 Å². The molecule has 4 heterocycles. The number of piperidine rings is 1. The van der Waals surface area contributed by atoms with E-state index in [9.17, 15) is 9.18 Å². The maximum atomic E-state index is 13.5. The van der Waals surface area contributed by atoms with Crippen LogP contribution < -0.4 is 0 Å². The first-order valence-electron chi connectivity index (χ1n) is 11.8. The number of carbonyl (C=O) groups excluding carboxylic acids is 1. The molecule has 1 aromatic carbocycles. The highest BCUT2D eigenvalue weighted by Gasteiger charge is 2.26. The summed E-state index contributed by atoms with van der Waals surface area (Å²) < 4.78 is 14.6. The van der Waals surface area contributed by atoms with Crippen molar-refractivity contribution in [3.8, 4) is 0 Å². The molecule has 0 aliphatic carbocycles. The predicted octanol–water partition coefficient (Wildman–Crippen LogP) is 5.99. The summed E-state index contributed by atoms with van der Waals surface area (Å²) in [6.07, 6.45) is 5.58. The molecule has 1 amide bonds. The molecule has 5 rings (SSSR count). The Morgan fingerprint density at radius 1 is 1.22 bits per heavy atom. The number of rotatable bonds is 5. The number of likely N-dealkylation sites (tertiary alicyclic amines) is 1. The van der Waals surface area contributed by atoms with Crippen LogP contribution in [0.2, 0.25) is 0 Å². The van der Waals surface area contributed by atoms with Crippen molar-refractivity contribution >= 4 is 38.7 Å². The number of hydrogen-bond donors (Lipinski definition) is 0. The van der Waals surface area contributed by atoms with Gasteiger partial charge in [0.25, 0.3) is 0 Å². The third-order valence-corrected chi connectivity index (χ3v) is 9.66. The van der Waals surface area contributed by atoms with Crippen molar-refractivity contribution in [2.24, 2.45) is 0 Å². The number of nitrogens with zero attached hydrogens (tertiary/aromatic N) is 2. The van der Waals surface area contributed by atoms with Gasteiger partial charge in [0.15, 0.2) is 0 Å². The van der Waals surface area contributed by atoms with Crippen molar-refractivity contribution in [3.63, 3.8) is 0 Å². The summed E-state index contributed by atoms with van der Waals surface area (Å²) in [4.78, 5) is 19.3. The number of amides is 1. The Bertz CT molecular complexity index is 1130. The van der Waals surface area contributed by atoms with E-state index < -0.39 is 0 Å². The van der Waals surface area contributed by atoms with E-state index in [2.05, 4.69) is 17.2 Å². The Balaban J connectivity index is 1.21. The molecule has 0 unspecified atom stereocenters. The number of carbonyl (C=O) groups is 1. The van der Waals surface area contributed by atoms with Crippen molar-refractivity contribution < 1.29 is 9.18 Å². The molecular weight excluding hydrogens is 439 g/mol. The number of fused-ring (bicyclic) bond motifs is 2. The minimum absolute atomic E-state index is 0.142. The molecular formula is C26H31FN2OS2. The van der Waals surface area contributed by atoms with E-state index in [0.29, 0.717) is 5.92 Å². The summed E-state index contributed by atoms with van der Waals surface area (Å²) in [7, 11) is 0. The van der Waals surface area contributed by atoms with Crippen molar-refractivity contribution in [1.82, 2.24) is 9.80 Å². The van der Waals surface area contributed by atoms with Gasteiger partial charge >= 0.3 is 0 Å². The first kappa shape index (κ1) is 22.1. The zero-order chi connectivity index (χ0) is 22.2. The topological polar surface area (TPSA) is 23.6 Å². The van der Waals surface area contributed by atoms with Gasteiger partial charge in [-0.2, -0.15) is 0 Å². The fraction of sp³-hybridized carbons (Fsp3) is 0.500. The Morgan fingerprint density at radius 2 is 2.03 bits per heavy atom. The molecule has 3 nitrogen and oxygen atoms in total. The number of benzene rings is 1. The van der Waals surface area contributed by atoms with Crippen LogP contribution in [-0.2, 0) is 30.6 Å². The second kappa shape index (κ2) is 9.24. The van der Waals surface area contributed by atoms with Crippen LogP contribution >= 0.6 is 22.7 Å². The molecule has 1 saturated heterocycles. The second-order valence-corrected chi connectivity index (χ2v) is 11.2. The lowest BCUT2D eigenvalue weighted by Crippen LogP contribution is -2.35. The quantitative estimate of drug-likeness (QED) is 0.457. The second-order valence-electron chi connectivity index (χ2n) is 9.15. The summed E-state index contributed by atoms with van der Waals surface area (Å²) in [5, 5.41) is 3.49. The molecule has 3 aromatic rings. The van der Waals surface area contributed by atoms with Crippen LogP contribution in [0.5, 0.6) is 0 Å². The monoisotopic (exact) mass is 470 g/mol. The first-order valence-corrected chi connectivity index (χ1v) is 13.5. The molecule has 0 saturated carbocycles.